The first-order chi connectivity index (χ1) is 13.9. The molecule has 0 N–H and O–H groups in total. The molecule has 1 fully saturated rings. The van der Waals surface area contributed by atoms with E-state index in [1.807, 2.05) is 36.9 Å². The van der Waals surface area contributed by atoms with Crippen LogP contribution in [0.25, 0.3) is 5.69 Å². The number of para-hydroxylation sites is 1. The van der Waals surface area contributed by atoms with Gasteiger partial charge in [0, 0.05) is 26.2 Å². The van der Waals surface area contributed by atoms with E-state index in [1.54, 1.807) is 24.0 Å². The summed E-state index contributed by atoms with van der Waals surface area (Å²) in [5.74, 6) is -0.369. The van der Waals surface area contributed by atoms with Crippen molar-refractivity contribution >= 4 is 11.6 Å². The molecule has 2 aromatic carbocycles. The molecule has 6 nitrogen and oxygen atoms in total. The highest BCUT2D eigenvalue weighted by molar-refractivity contribution is 5.93. The van der Waals surface area contributed by atoms with Crippen molar-refractivity contribution in [3.63, 3.8) is 0 Å². The Morgan fingerprint density at radius 1 is 0.931 bits per heavy atom. The Morgan fingerprint density at radius 3 is 2.34 bits per heavy atom. The zero-order valence-electron chi connectivity index (χ0n) is 16.9. The third kappa shape index (κ3) is 3.72. The van der Waals surface area contributed by atoms with E-state index < -0.39 is 0 Å². The number of carbonyl (C=O) groups is 1. The predicted molar refractivity (Wildman–Crippen MR) is 110 cm³/mol. The van der Waals surface area contributed by atoms with Crippen LogP contribution in [0.3, 0.4) is 0 Å². The molecule has 150 valence electrons. The first-order valence-corrected chi connectivity index (χ1v) is 9.74. The van der Waals surface area contributed by atoms with Crippen LogP contribution in [0.5, 0.6) is 0 Å². The van der Waals surface area contributed by atoms with Gasteiger partial charge in [-0.2, -0.15) is 9.90 Å². The zero-order valence-corrected chi connectivity index (χ0v) is 16.9. The molecule has 29 heavy (non-hydrogen) atoms. The molecule has 0 saturated carbocycles. The molecule has 7 heteroatoms. The summed E-state index contributed by atoms with van der Waals surface area (Å²) < 4.78 is 14.0. The second-order valence-electron chi connectivity index (χ2n) is 7.44. The Hall–Kier alpha value is -3.22. The number of amides is 1. The summed E-state index contributed by atoms with van der Waals surface area (Å²) >= 11 is 0. The highest BCUT2D eigenvalue weighted by atomic mass is 19.1. The SMILES string of the molecule is Cc1ccc(-n2nc(C)c(C(=O)N3CCN(c4ccccc4F)CC3)n2)c(C)c1. The molecule has 0 atom stereocenters. The number of benzene rings is 2. The normalized spacial score (nSPS) is 14.3. The summed E-state index contributed by atoms with van der Waals surface area (Å²) in [4.78, 5) is 18.3. The second kappa shape index (κ2) is 7.66. The van der Waals surface area contributed by atoms with Gasteiger partial charge >= 0.3 is 0 Å². The maximum atomic E-state index is 14.0. The maximum absolute atomic E-state index is 14.0. The number of anilines is 1. The van der Waals surface area contributed by atoms with Crippen molar-refractivity contribution in [1.29, 1.82) is 0 Å². The molecule has 1 amide bonds. The Kier molecular flexibility index (Phi) is 5.05. The number of aryl methyl sites for hydroxylation is 3. The molecule has 0 radical (unpaired) electrons. The summed E-state index contributed by atoms with van der Waals surface area (Å²) in [6.07, 6.45) is 0. The summed E-state index contributed by atoms with van der Waals surface area (Å²) in [5, 5.41) is 8.94. The molecule has 4 rings (SSSR count). The van der Waals surface area contributed by atoms with Gasteiger partial charge in [-0.25, -0.2) is 4.39 Å². The first-order valence-electron chi connectivity index (χ1n) is 9.74. The fraction of sp³-hybridized carbons (Fsp3) is 0.318. The van der Waals surface area contributed by atoms with Crippen LogP contribution in [0, 0.1) is 26.6 Å². The molecule has 1 aliphatic rings. The number of aromatic nitrogens is 3. The Bertz CT molecular complexity index is 1050. The third-order valence-electron chi connectivity index (χ3n) is 5.31. The van der Waals surface area contributed by atoms with Crippen LogP contribution in [-0.4, -0.2) is 52.0 Å². The summed E-state index contributed by atoms with van der Waals surface area (Å²) in [7, 11) is 0. The number of piperazine rings is 1. The summed E-state index contributed by atoms with van der Waals surface area (Å²) in [6, 6.07) is 12.8. The van der Waals surface area contributed by atoms with Gasteiger partial charge < -0.3 is 9.80 Å². The lowest BCUT2D eigenvalue weighted by molar-refractivity contribution is 0.0739. The fourth-order valence-electron chi connectivity index (χ4n) is 3.72. The molecule has 0 spiro atoms. The van der Waals surface area contributed by atoms with E-state index in [9.17, 15) is 9.18 Å². The number of hydrogen-bond acceptors (Lipinski definition) is 4. The van der Waals surface area contributed by atoms with Crippen molar-refractivity contribution < 1.29 is 9.18 Å². The van der Waals surface area contributed by atoms with E-state index in [1.165, 1.54) is 16.4 Å². The summed E-state index contributed by atoms with van der Waals surface area (Å²) in [5.41, 5.74) is 4.63. The molecule has 0 aliphatic carbocycles. The van der Waals surface area contributed by atoms with Crippen LogP contribution in [0.15, 0.2) is 42.5 Å². The van der Waals surface area contributed by atoms with Crippen LogP contribution in [0.1, 0.15) is 27.3 Å². The van der Waals surface area contributed by atoms with Crippen molar-refractivity contribution in [2.45, 2.75) is 20.8 Å². The van der Waals surface area contributed by atoms with Gasteiger partial charge in [0.25, 0.3) is 5.91 Å². The Morgan fingerprint density at radius 2 is 1.66 bits per heavy atom. The molecular weight excluding hydrogens is 369 g/mol. The minimum atomic E-state index is -0.237. The zero-order chi connectivity index (χ0) is 20.5. The number of halogens is 1. The number of rotatable bonds is 3. The highest BCUT2D eigenvalue weighted by Gasteiger charge is 2.27. The van der Waals surface area contributed by atoms with E-state index in [-0.39, 0.29) is 11.7 Å². The molecular formula is C22H24FN5O. The van der Waals surface area contributed by atoms with Gasteiger partial charge in [-0.05, 0) is 44.5 Å². The van der Waals surface area contributed by atoms with Crippen molar-refractivity contribution in [3.8, 4) is 5.69 Å². The van der Waals surface area contributed by atoms with Crippen molar-refractivity contribution in [1.82, 2.24) is 19.9 Å². The van der Waals surface area contributed by atoms with E-state index in [4.69, 9.17) is 0 Å². The topological polar surface area (TPSA) is 54.3 Å². The van der Waals surface area contributed by atoms with E-state index in [2.05, 4.69) is 16.3 Å². The van der Waals surface area contributed by atoms with Crippen molar-refractivity contribution in [2.75, 3.05) is 31.1 Å². The number of carbonyl (C=O) groups excluding carboxylic acids is 1. The van der Waals surface area contributed by atoms with Crippen molar-refractivity contribution in [3.05, 3.63) is 70.8 Å². The van der Waals surface area contributed by atoms with E-state index in [0.29, 0.717) is 43.3 Å². The molecule has 1 saturated heterocycles. The average Bonchev–Trinajstić information content (AvgIpc) is 3.09. The molecule has 1 aliphatic heterocycles. The van der Waals surface area contributed by atoms with Crippen LogP contribution in [0.2, 0.25) is 0 Å². The second-order valence-corrected chi connectivity index (χ2v) is 7.44. The standard InChI is InChI=1S/C22H24FN5O/c1-15-8-9-19(16(2)14-15)28-24-17(3)21(25-28)22(29)27-12-10-26(11-13-27)20-7-5-4-6-18(20)23/h4-9,14H,10-13H2,1-3H3. The van der Waals surface area contributed by atoms with Gasteiger partial charge in [-0.15, -0.1) is 5.10 Å². The van der Waals surface area contributed by atoms with E-state index >= 15 is 0 Å². The van der Waals surface area contributed by atoms with Gasteiger partial charge in [0.1, 0.15) is 5.82 Å². The van der Waals surface area contributed by atoms with Crippen LogP contribution in [0.4, 0.5) is 10.1 Å². The minimum absolute atomic E-state index is 0.133. The fourth-order valence-corrected chi connectivity index (χ4v) is 3.72. The lowest BCUT2D eigenvalue weighted by Gasteiger charge is -2.35. The summed E-state index contributed by atoms with van der Waals surface area (Å²) in [6.45, 7) is 8.04. The van der Waals surface area contributed by atoms with E-state index in [0.717, 1.165) is 11.3 Å². The van der Waals surface area contributed by atoms with Crippen LogP contribution >= 0.6 is 0 Å². The van der Waals surface area contributed by atoms with Gasteiger partial charge in [-0.1, -0.05) is 29.8 Å². The van der Waals surface area contributed by atoms with Crippen molar-refractivity contribution in [2.24, 2.45) is 0 Å². The predicted octanol–water partition coefficient (Wildman–Crippen LogP) is 3.29. The number of nitrogens with zero attached hydrogens (tertiary/aromatic N) is 5. The Labute approximate surface area is 169 Å². The Balaban J connectivity index is 1.50. The first kappa shape index (κ1) is 19.1. The van der Waals surface area contributed by atoms with Gasteiger partial charge in [0.2, 0.25) is 0 Å². The maximum Gasteiger partial charge on any atom is 0.276 e. The highest BCUT2D eigenvalue weighted by Crippen LogP contribution is 2.21. The third-order valence-corrected chi connectivity index (χ3v) is 5.31. The van der Waals surface area contributed by atoms with Gasteiger partial charge in [0.15, 0.2) is 5.69 Å². The van der Waals surface area contributed by atoms with Gasteiger partial charge in [-0.3, -0.25) is 4.79 Å². The molecule has 3 aromatic rings. The smallest absolute Gasteiger partial charge is 0.276 e. The minimum Gasteiger partial charge on any atom is -0.366 e. The monoisotopic (exact) mass is 393 g/mol. The number of hydrogen-bond donors (Lipinski definition) is 0. The average molecular weight is 393 g/mol. The lowest BCUT2D eigenvalue weighted by atomic mass is 10.1. The quantitative estimate of drug-likeness (QED) is 0.685. The molecule has 1 aromatic heterocycles. The lowest BCUT2D eigenvalue weighted by Crippen LogP contribution is -2.49. The van der Waals surface area contributed by atoms with Gasteiger partial charge in [0.05, 0.1) is 17.1 Å². The molecule has 0 unspecified atom stereocenters. The molecule has 2 heterocycles. The molecule has 0 bridgehead atoms. The van der Waals surface area contributed by atoms with Crippen LogP contribution in [-0.2, 0) is 0 Å². The largest absolute Gasteiger partial charge is 0.366 e. The van der Waals surface area contributed by atoms with Crippen LogP contribution < -0.4 is 4.90 Å².